The van der Waals surface area contributed by atoms with Crippen LogP contribution in [0.4, 0.5) is 0 Å². The van der Waals surface area contributed by atoms with Gasteiger partial charge in [-0.05, 0) is 42.5 Å². The number of benzene rings is 1. The average Bonchev–Trinajstić information content (AvgIpc) is 2.48. The van der Waals surface area contributed by atoms with E-state index in [4.69, 9.17) is 0 Å². The van der Waals surface area contributed by atoms with Crippen LogP contribution in [0.25, 0.3) is 0 Å². The molecule has 1 aliphatic carbocycles. The number of carbonyl (C=O) groups is 2. The van der Waals surface area contributed by atoms with Gasteiger partial charge in [0.25, 0.3) is 5.91 Å². The van der Waals surface area contributed by atoms with Crippen LogP contribution in [-0.2, 0) is 17.6 Å². The smallest absolute Gasteiger partial charge is 0.251 e. The maximum Gasteiger partial charge on any atom is 0.251 e. The number of nitrogens with one attached hydrogen (secondary N) is 1. The van der Waals surface area contributed by atoms with E-state index in [2.05, 4.69) is 12.2 Å². The van der Waals surface area contributed by atoms with E-state index in [1.165, 1.54) is 19.3 Å². The molecule has 0 radical (unpaired) electrons. The van der Waals surface area contributed by atoms with E-state index in [0.717, 1.165) is 36.7 Å². The first-order valence-electron chi connectivity index (χ1n) is 7.60. The highest BCUT2D eigenvalue weighted by Gasteiger charge is 2.17. The molecular weight excluding hydrogens is 250 g/mol. The second-order valence-corrected chi connectivity index (χ2v) is 5.57. The van der Waals surface area contributed by atoms with Crippen molar-refractivity contribution in [1.82, 2.24) is 5.32 Å². The van der Waals surface area contributed by atoms with Crippen LogP contribution in [0.5, 0.6) is 0 Å². The number of aldehydes is 1. The topological polar surface area (TPSA) is 46.2 Å². The van der Waals surface area contributed by atoms with Gasteiger partial charge in [-0.1, -0.05) is 32.3 Å². The summed E-state index contributed by atoms with van der Waals surface area (Å²) in [5.41, 5.74) is 2.72. The summed E-state index contributed by atoms with van der Waals surface area (Å²) in [5, 5.41) is 3.13. The third kappa shape index (κ3) is 3.92. The summed E-state index contributed by atoms with van der Waals surface area (Å²) in [5.74, 6) is -0.000603. The Hall–Kier alpha value is -1.64. The Morgan fingerprint density at radius 2 is 1.90 bits per heavy atom. The van der Waals surface area contributed by atoms with E-state index in [1.54, 1.807) is 0 Å². The standard InChI is InChI=1S/C17H23NO2/c1-2-13-10-14(8-9-19)12-15(11-13)17(20)18-16-6-4-3-5-7-16/h9-12,16H,2-8H2,1H3,(H,18,20). The van der Waals surface area contributed by atoms with Crippen molar-refractivity contribution < 1.29 is 9.59 Å². The molecule has 1 saturated carbocycles. The molecule has 2 rings (SSSR count). The number of hydrogen-bond acceptors (Lipinski definition) is 2. The maximum atomic E-state index is 12.3. The normalized spacial score (nSPS) is 15.8. The van der Waals surface area contributed by atoms with Crippen molar-refractivity contribution in [3.63, 3.8) is 0 Å². The van der Waals surface area contributed by atoms with Gasteiger partial charge in [0.05, 0.1) is 0 Å². The van der Waals surface area contributed by atoms with Crippen molar-refractivity contribution in [2.24, 2.45) is 0 Å². The fourth-order valence-corrected chi connectivity index (χ4v) is 2.83. The summed E-state index contributed by atoms with van der Waals surface area (Å²) in [6.07, 6.45) is 7.99. The molecule has 0 unspecified atom stereocenters. The van der Waals surface area contributed by atoms with E-state index < -0.39 is 0 Å². The first-order chi connectivity index (χ1) is 9.72. The number of rotatable bonds is 5. The van der Waals surface area contributed by atoms with Crippen molar-refractivity contribution >= 4 is 12.2 Å². The van der Waals surface area contributed by atoms with Crippen molar-refractivity contribution in [3.05, 3.63) is 34.9 Å². The number of amides is 1. The lowest BCUT2D eigenvalue weighted by atomic mass is 9.95. The summed E-state index contributed by atoms with van der Waals surface area (Å²) in [4.78, 5) is 23.0. The molecule has 0 saturated heterocycles. The van der Waals surface area contributed by atoms with Gasteiger partial charge in [0.2, 0.25) is 0 Å². The van der Waals surface area contributed by atoms with Crippen molar-refractivity contribution in [2.75, 3.05) is 0 Å². The molecule has 3 heteroatoms. The Labute approximate surface area is 120 Å². The van der Waals surface area contributed by atoms with Crippen LogP contribution in [0.3, 0.4) is 0 Å². The molecule has 1 aromatic rings. The molecule has 0 aliphatic heterocycles. The third-order valence-corrected chi connectivity index (χ3v) is 3.98. The Morgan fingerprint density at radius 1 is 1.20 bits per heavy atom. The minimum Gasteiger partial charge on any atom is -0.349 e. The molecule has 0 bridgehead atoms. The van der Waals surface area contributed by atoms with Crippen LogP contribution in [-0.4, -0.2) is 18.2 Å². The van der Waals surface area contributed by atoms with Gasteiger partial charge in [-0.2, -0.15) is 0 Å². The van der Waals surface area contributed by atoms with Gasteiger partial charge < -0.3 is 10.1 Å². The first kappa shape index (κ1) is 14.8. The van der Waals surface area contributed by atoms with Crippen molar-refractivity contribution in [2.45, 2.75) is 57.9 Å². The fourth-order valence-electron chi connectivity index (χ4n) is 2.83. The van der Waals surface area contributed by atoms with Gasteiger partial charge in [-0.3, -0.25) is 4.79 Å². The molecule has 1 fully saturated rings. The lowest BCUT2D eigenvalue weighted by Gasteiger charge is -2.23. The van der Waals surface area contributed by atoms with Gasteiger partial charge in [0.1, 0.15) is 6.29 Å². The molecule has 1 amide bonds. The minimum absolute atomic E-state index is 0.000603. The Morgan fingerprint density at radius 3 is 2.55 bits per heavy atom. The lowest BCUT2D eigenvalue weighted by molar-refractivity contribution is -0.107. The quantitative estimate of drug-likeness (QED) is 0.838. The molecule has 108 valence electrons. The maximum absolute atomic E-state index is 12.3. The van der Waals surface area contributed by atoms with E-state index >= 15 is 0 Å². The van der Waals surface area contributed by atoms with Crippen LogP contribution in [0.2, 0.25) is 0 Å². The second kappa shape index (κ2) is 7.22. The zero-order valence-corrected chi connectivity index (χ0v) is 12.2. The largest absolute Gasteiger partial charge is 0.349 e. The molecule has 20 heavy (non-hydrogen) atoms. The average molecular weight is 273 g/mol. The highest BCUT2D eigenvalue weighted by Crippen LogP contribution is 2.18. The molecule has 0 aromatic heterocycles. The molecule has 0 heterocycles. The van der Waals surface area contributed by atoms with Crippen molar-refractivity contribution in [1.29, 1.82) is 0 Å². The van der Waals surface area contributed by atoms with Crippen molar-refractivity contribution in [3.8, 4) is 0 Å². The van der Waals surface area contributed by atoms with E-state index in [1.807, 2.05) is 18.2 Å². The Balaban J connectivity index is 2.10. The van der Waals surface area contributed by atoms with E-state index in [0.29, 0.717) is 18.0 Å². The molecular formula is C17H23NO2. The molecule has 1 N–H and O–H groups in total. The van der Waals surface area contributed by atoms with E-state index in [9.17, 15) is 9.59 Å². The summed E-state index contributed by atoms with van der Waals surface area (Å²) >= 11 is 0. The molecule has 1 aromatic carbocycles. The van der Waals surface area contributed by atoms with E-state index in [-0.39, 0.29) is 5.91 Å². The third-order valence-electron chi connectivity index (χ3n) is 3.98. The molecule has 3 nitrogen and oxygen atoms in total. The summed E-state index contributed by atoms with van der Waals surface area (Å²) < 4.78 is 0. The number of aryl methyl sites for hydroxylation is 1. The van der Waals surface area contributed by atoms with Crippen LogP contribution >= 0.6 is 0 Å². The van der Waals surface area contributed by atoms with Gasteiger partial charge in [0.15, 0.2) is 0 Å². The van der Waals surface area contributed by atoms with Gasteiger partial charge >= 0.3 is 0 Å². The van der Waals surface area contributed by atoms with Gasteiger partial charge in [-0.25, -0.2) is 0 Å². The van der Waals surface area contributed by atoms with Crippen LogP contribution in [0, 0.1) is 0 Å². The van der Waals surface area contributed by atoms with Crippen LogP contribution in [0.1, 0.15) is 60.5 Å². The monoisotopic (exact) mass is 273 g/mol. The van der Waals surface area contributed by atoms with Crippen LogP contribution < -0.4 is 5.32 Å². The first-order valence-corrected chi connectivity index (χ1v) is 7.60. The number of carbonyl (C=O) groups excluding carboxylic acids is 2. The zero-order chi connectivity index (χ0) is 14.4. The molecule has 0 spiro atoms. The zero-order valence-electron chi connectivity index (χ0n) is 12.2. The van der Waals surface area contributed by atoms with Gasteiger partial charge in [0, 0.05) is 18.0 Å². The second-order valence-electron chi connectivity index (χ2n) is 5.57. The predicted octanol–water partition coefficient (Wildman–Crippen LogP) is 3.05. The fraction of sp³-hybridized carbons (Fsp3) is 0.529. The summed E-state index contributed by atoms with van der Waals surface area (Å²) in [7, 11) is 0. The highest BCUT2D eigenvalue weighted by molar-refractivity contribution is 5.94. The molecule has 1 aliphatic rings. The highest BCUT2D eigenvalue weighted by atomic mass is 16.1. The van der Waals surface area contributed by atoms with Crippen LogP contribution in [0.15, 0.2) is 18.2 Å². The Kier molecular flexibility index (Phi) is 5.33. The SMILES string of the molecule is CCc1cc(CC=O)cc(C(=O)NC2CCCCC2)c1. The Bertz CT molecular complexity index is 476. The molecule has 0 atom stereocenters. The number of hydrogen-bond donors (Lipinski definition) is 1. The summed E-state index contributed by atoms with van der Waals surface area (Å²) in [6, 6.07) is 6.10. The predicted molar refractivity (Wildman–Crippen MR) is 79.9 cm³/mol. The lowest BCUT2D eigenvalue weighted by Crippen LogP contribution is -2.36. The minimum atomic E-state index is -0.000603. The van der Waals surface area contributed by atoms with Gasteiger partial charge in [-0.15, -0.1) is 0 Å². The summed E-state index contributed by atoms with van der Waals surface area (Å²) in [6.45, 7) is 2.06.